The number of benzene rings is 1. The van der Waals surface area contributed by atoms with E-state index in [1.54, 1.807) is 0 Å². The number of piperazine rings is 1. The third kappa shape index (κ3) is 3.05. The Kier molecular flexibility index (Phi) is 4.39. The Morgan fingerprint density at radius 1 is 1.25 bits per heavy atom. The molecule has 3 nitrogen and oxygen atoms in total. The summed E-state index contributed by atoms with van der Waals surface area (Å²) in [5.41, 5.74) is 1.40. The molecule has 1 aromatic rings. The molecule has 2 saturated heterocycles. The molecule has 1 aromatic carbocycles. The zero-order valence-electron chi connectivity index (χ0n) is 12.6. The van der Waals surface area contributed by atoms with Gasteiger partial charge in [-0.25, -0.2) is 0 Å². The Morgan fingerprint density at radius 3 is 2.75 bits per heavy atom. The van der Waals surface area contributed by atoms with E-state index in [9.17, 15) is 0 Å². The van der Waals surface area contributed by atoms with Crippen LogP contribution in [0.5, 0.6) is 0 Å². The molecule has 2 fully saturated rings. The molecule has 4 atom stereocenters. The second-order valence-corrected chi connectivity index (χ2v) is 6.30. The van der Waals surface area contributed by atoms with Crippen molar-refractivity contribution in [3.63, 3.8) is 0 Å². The predicted molar refractivity (Wildman–Crippen MR) is 81.7 cm³/mol. The first-order valence-corrected chi connectivity index (χ1v) is 7.88. The minimum Gasteiger partial charge on any atom is -0.378 e. The zero-order valence-corrected chi connectivity index (χ0v) is 12.6. The zero-order chi connectivity index (χ0) is 13.9. The van der Waals surface area contributed by atoms with E-state index in [1.165, 1.54) is 18.5 Å². The van der Waals surface area contributed by atoms with Gasteiger partial charge in [0.2, 0.25) is 0 Å². The van der Waals surface area contributed by atoms with E-state index in [2.05, 4.69) is 54.4 Å². The number of hydrogen-bond acceptors (Lipinski definition) is 3. The quantitative estimate of drug-likeness (QED) is 0.916. The molecule has 0 aromatic heterocycles. The van der Waals surface area contributed by atoms with Crippen molar-refractivity contribution in [2.75, 3.05) is 26.2 Å². The summed E-state index contributed by atoms with van der Waals surface area (Å²) in [6.07, 6.45) is 1.64. The summed E-state index contributed by atoms with van der Waals surface area (Å²) in [5, 5.41) is 3.68. The van der Waals surface area contributed by atoms with Gasteiger partial charge >= 0.3 is 0 Å². The van der Waals surface area contributed by atoms with Gasteiger partial charge in [-0.1, -0.05) is 30.3 Å². The standard InChI is InChI=1S/C17H26N2O/c1-13-10-18-17(15-6-4-3-5-7-15)12-19(13)11-16-8-9-20-14(16)2/h3-7,13-14,16-18H,8-12H2,1-2H3. The molecule has 0 bridgehead atoms. The average Bonchev–Trinajstić information content (AvgIpc) is 2.88. The molecule has 1 N–H and O–H groups in total. The predicted octanol–water partition coefficient (Wildman–Crippen LogP) is 2.45. The smallest absolute Gasteiger partial charge is 0.0588 e. The van der Waals surface area contributed by atoms with Crippen LogP contribution in [0, 0.1) is 5.92 Å². The van der Waals surface area contributed by atoms with Crippen LogP contribution >= 0.6 is 0 Å². The van der Waals surface area contributed by atoms with Crippen LogP contribution in [0.3, 0.4) is 0 Å². The number of nitrogens with one attached hydrogen (secondary N) is 1. The second-order valence-electron chi connectivity index (χ2n) is 6.30. The van der Waals surface area contributed by atoms with E-state index < -0.39 is 0 Å². The number of rotatable bonds is 3. The Labute approximate surface area is 122 Å². The Morgan fingerprint density at radius 2 is 2.05 bits per heavy atom. The van der Waals surface area contributed by atoms with Gasteiger partial charge in [0.05, 0.1) is 6.10 Å². The monoisotopic (exact) mass is 274 g/mol. The van der Waals surface area contributed by atoms with E-state index in [1.807, 2.05) is 0 Å². The van der Waals surface area contributed by atoms with E-state index in [4.69, 9.17) is 4.74 Å². The lowest BCUT2D eigenvalue weighted by molar-refractivity contribution is 0.0714. The molecule has 0 amide bonds. The highest BCUT2D eigenvalue weighted by Crippen LogP contribution is 2.25. The Bertz CT molecular complexity index is 422. The van der Waals surface area contributed by atoms with Crippen LogP contribution < -0.4 is 5.32 Å². The van der Waals surface area contributed by atoms with Crippen molar-refractivity contribution in [3.05, 3.63) is 35.9 Å². The van der Waals surface area contributed by atoms with Gasteiger partial charge in [0.1, 0.15) is 0 Å². The molecular formula is C17H26N2O. The third-order valence-electron chi connectivity index (χ3n) is 4.90. The van der Waals surface area contributed by atoms with Crippen LogP contribution in [0.1, 0.15) is 31.9 Å². The Hall–Kier alpha value is -0.900. The lowest BCUT2D eigenvalue weighted by Gasteiger charge is -2.40. The highest BCUT2D eigenvalue weighted by atomic mass is 16.5. The van der Waals surface area contributed by atoms with Crippen molar-refractivity contribution in [2.45, 2.75) is 38.5 Å². The lowest BCUT2D eigenvalue weighted by Crippen LogP contribution is -2.53. The highest BCUT2D eigenvalue weighted by molar-refractivity contribution is 5.20. The van der Waals surface area contributed by atoms with Gasteiger partial charge < -0.3 is 10.1 Å². The summed E-state index contributed by atoms with van der Waals surface area (Å²) in [7, 11) is 0. The molecule has 2 aliphatic heterocycles. The summed E-state index contributed by atoms with van der Waals surface area (Å²) < 4.78 is 5.71. The summed E-state index contributed by atoms with van der Waals surface area (Å²) in [5.74, 6) is 0.701. The number of ether oxygens (including phenoxy) is 1. The molecule has 0 spiro atoms. The number of nitrogens with zero attached hydrogens (tertiary/aromatic N) is 1. The van der Waals surface area contributed by atoms with Gasteiger partial charge in [-0.3, -0.25) is 4.90 Å². The van der Waals surface area contributed by atoms with Crippen LogP contribution in [0.25, 0.3) is 0 Å². The summed E-state index contributed by atoms with van der Waals surface area (Å²) in [6, 6.07) is 11.9. The van der Waals surface area contributed by atoms with Crippen molar-refractivity contribution < 1.29 is 4.74 Å². The fourth-order valence-corrected chi connectivity index (χ4v) is 3.40. The van der Waals surface area contributed by atoms with Crippen LogP contribution in [0.15, 0.2) is 30.3 Å². The maximum atomic E-state index is 5.71. The molecular weight excluding hydrogens is 248 g/mol. The molecule has 3 rings (SSSR count). The summed E-state index contributed by atoms with van der Waals surface area (Å²) in [6.45, 7) is 8.84. The first-order valence-electron chi connectivity index (χ1n) is 7.88. The first-order chi connectivity index (χ1) is 9.74. The van der Waals surface area contributed by atoms with Gasteiger partial charge in [0.25, 0.3) is 0 Å². The number of hydrogen-bond donors (Lipinski definition) is 1. The normalized spacial score (nSPS) is 35.3. The third-order valence-corrected chi connectivity index (χ3v) is 4.90. The minimum atomic E-state index is 0.423. The van der Waals surface area contributed by atoms with Crippen molar-refractivity contribution >= 4 is 0 Å². The van der Waals surface area contributed by atoms with Crippen molar-refractivity contribution in [2.24, 2.45) is 5.92 Å². The summed E-state index contributed by atoms with van der Waals surface area (Å²) in [4.78, 5) is 2.64. The fraction of sp³-hybridized carbons (Fsp3) is 0.647. The van der Waals surface area contributed by atoms with Crippen LogP contribution in [0.2, 0.25) is 0 Å². The molecule has 2 aliphatic rings. The second kappa shape index (κ2) is 6.25. The summed E-state index contributed by atoms with van der Waals surface area (Å²) >= 11 is 0. The fourth-order valence-electron chi connectivity index (χ4n) is 3.40. The van der Waals surface area contributed by atoms with E-state index >= 15 is 0 Å². The minimum absolute atomic E-state index is 0.423. The molecule has 3 heteroatoms. The van der Waals surface area contributed by atoms with Crippen LogP contribution in [-0.2, 0) is 4.74 Å². The average molecular weight is 274 g/mol. The molecule has 0 radical (unpaired) electrons. The molecule has 110 valence electrons. The molecule has 4 unspecified atom stereocenters. The molecule has 2 heterocycles. The topological polar surface area (TPSA) is 24.5 Å². The molecule has 0 aliphatic carbocycles. The van der Waals surface area contributed by atoms with Crippen molar-refractivity contribution in [1.82, 2.24) is 10.2 Å². The van der Waals surface area contributed by atoms with Crippen LogP contribution in [0.4, 0.5) is 0 Å². The maximum Gasteiger partial charge on any atom is 0.0588 e. The van der Waals surface area contributed by atoms with E-state index in [0.29, 0.717) is 24.1 Å². The van der Waals surface area contributed by atoms with E-state index in [0.717, 1.165) is 19.7 Å². The van der Waals surface area contributed by atoms with Gasteiger partial charge in [-0.05, 0) is 31.7 Å². The SMILES string of the molecule is CC1OCCC1CN1CC(c2ccccc2)NCC1C. The van der Waals surface area contributed by atoms with Gasteiger partial charge in [0, 0.05) is 38.3 Å². The van der Waals surface area contributed by atoms with E-state index in [-0.39, 0.29) is 0 Å². The molecule has 0 saturated carbocycles. The van der Waals surface area contributed by atoms with Gasteiger partial charge in [0.15, 0.2) is 0 Å². The maximum absolute atomic E-state index is 5.71. The van der Waals surface area contributed by atoms with Gasteiger partial charge in [-0.15, -0.1) is 0 Å². The highest BCUT2D eigenvalue weighted by Gasteiger charge is 2.31. The van der Waals surface area contributed by atoms with Crippen molar-refractivity contribution in [1.29, 1.82) is 0 Å². The lowest BCUT2D eigenvalue weighted by atomic mass is 9.97. The van der Waals surface area contributed by atoms with Crippen LogP contribution in [-0.4, -0.2) is 43.3 Å². The molecule has 20 heavy (non-hydrogen) atoms. The first kappa shape index (κ1) is 14.1. The largest absolute Gasteiger partial charge is 0.378 e. The Balaban J connectivity index is 1.64. The van der Waals surface area contributed by atoms with Crippen molar-refractivity contribution in [3.8, 4) is 0 Å². The van der Waals surface area contributed by atoms with Gasteiger partial charge in [-0.2, -0.15) is 0 Å².